The molecule has 6 heteroatoms. The second kappa shape index (κ2) is 7.80. The first-order valence-corrected chi connectivity index (χ1v) is 10.5. The molecule has 2 heterocycles. The lowest BCUT2D eigenvalue weighted by Gasteiger charge is -2.26. The lowest BCUT2D eigenvalue weighted by Crippen LogP contribution is -2.29. The van der Waals surface area contributed by atoms with E-state index in [9.17, 15) is 5.11 Å². The lowest BCUT2D eigenvalue weighted by molar-refractivity contribution is 0.474. The number of rotatable bonds is 2. The number of hydrogen-bond donors (Lipinski definition) is 3. The molecule has 0 radical (unpaired) electrons. The van der Waals surface area contributed by atoms with Gasteiger partial charge in [-0.15, -0.1) is 0 Å². The number of fused-ring (bicyclic) bond motifs is 4. The van der Waals surface area contributed by atoms with E-state index < -0.39 is 0 Å². The number of amidine groups is 1. The molecule has 2 bridgehead atoms. The van der Waals surface area contributed by atoms with Crippen molar-refractivity contribution in [2.75, 3.05) is 0 Å². The summed E-state index contributed by atoms with van der Waals surface area (Å²) in [6.07, 6.45) is 10.8. The molecule has 0 fully saturated rings. The van der Waals surface area contributed by atoms with Crippen LogP contribution in [0.5, 0.6) is 5.75 Å². The van der Waals surface area contributed by atoms with E-state index in [1.54, 1.807) is 18.3 Å². The van der Waals surface area contributed by atoms with Crippen LogP contribution in [0, 0.1) is 0 Å². The van der Waals surface area contributed by atoms with Gasteiger partial charge in [-0.05, 0) is 41.5 Å². The van der Waals surface area contributed by atoms with Crippen LogP contribution in [0.25, 0.3) is 5.70 Å². The van der Waals surface area contributed by atoms with Gasteiger partial charge in [-0.25, -0.2) is 4.99 Å². The highest BCUT2D eigenvalue weighted by molar-refractivity contribution is 9.11. The van der Waals surface area contributed by atoms with Crippen molar-refractivity contribution in [3.63, 3.8) is 0 Å². The van der Waals surface area contributed by atoms with Gasteiger partial charge in [0.2, 0.25) is 0 Å². The molecule has 2 aromatic carbocycles. The van der Waals surface area contributed by atoms with E-state index in [1.807, 2.05) is 30.3 Å². The first kappa shape index (κ1) is 18.6. The van der Waals surface area contributed by atoms with Crippen LogP contribution in [-0.4, -0.2) is 23.2 Å². The van der Waals surface area contributed by atoms with Crippen molar-refractivity contribution < 1.29 is 5.11 Å². The van der Waals surface area contributed by atoms with Crippen LogP contribution in [0.4, 0.5) is 5.69 Å². The fourth-order valence-corrected chi connectivity index (χ4v) is 4.17. The number of para-hydroxylation sites is 2. The minimum atomic E-state index is 0.131. The molecule has 5 rings (SSSR count). The average Bonchev–Trinajstić information content (AvgIpc) is 3.00. The monoisotopic (exact) mass is 458 g/mol. The molecule has 1 aliphatic carbocycles. The maximum absolute atomic E-state index is 9.94. The summed E-state index contributed by atoms with van der Waals surface area (Å²) >= 11 is 3.62. The second-order valence-corrected chi connectivity index (χ2v) is 8.13. The van der Waals surface area contributed by atoms with Gasteiger partial charge >= 0.3 is 0 Å². The smallest absolute Gasteiger partial charge is 0.127 e. The highest BCUT2D eigenvalue weighted by Crippen LogP contribution is 2.38. The molecule has 1 unspecified atom stereocenters. The summed E-state index contributed by atoms with van der Waals surface area (Å²) in [6, 6.07) is 15.3. The van der Waals surface area contributed by atoms with Crippen LogP contribution in [0.1, 0.15) is 17.5 Å². The Hall–Kier alpha value is -3.38. The molecule has 5 nitrogen and oxygen atoms in total. The Labute approximate surface area is 183 Å². The topological polar surface area (TPSA) is 69.0 Å². The zero-order valence-electron chi connectivity index (χ0n) is 16.0. The number of allylic oxidation sites excluding steroid dienone is 4. The Morgan fingerprint density at radius 2 is 2.00 bits per heavy atom. The molecule has 0 saturated heterocycles. The fourth-order valence-electron chi connectivity index (χ4n) is 3.77. The summed E-state index contributed by atoms with van der Waals surface area (Å²) in [4.78, 5) is 4.84. The number of dihydropyridines is 1. The van der Waals surface area contributed by atoms with Crippen LogP contribution in [-0.2, 0) is 0 Å². The van der Waals surface area contributed by atoms with Gasteiger partial charge in [0.25, 0.3) is 0 Å². The maximum Gasteiger partial charge on any atom is 0.127 e. The van der Waals surface area contributed by atoms with Crippen molar-refractivity contribution in [3.05, 3.63) is 99.6 Å². The summed E-state index contributed by atoms with van der Waals surface area (Å²) in [5, 5.41) is 17.9. The van der Waals surface area contributed by atoms with Crippen molar-refractivity contribution in [1.82, 2.24) is 10.7 Å². The third-order valence-corrected chi connectivity index (χ3v) is 5.68. The Morgan fingerprint density at radius 3 is 2.90 bits per heavy atom. The highest BCUT2D eigenvalue weighted by Gasteiger charge is 2.26. The summed E-state index contributed by atoms with van der Waals surface area (Å²) in [7, 11) is 0. The Morgan fingerprint density at radius 1 is 1.17 bits per heavy atom. The normalized spacial score (nSPS) is 19.6. The molecular formula is C24H19BrN4O. The zero-order valence-corrected chi connectivity index (χ0v) is 17.6. The van der Waals surface area contributed by atoms with E-state index in [0.717, 1.165) is 27.3 Å². The van der Waals surface area contributed by atoms with E-state index >= 15 is 0 Å². The van der Waals surface area contributed by atoms with E-state index in [2.05, 4.69) is 62.1 Å². The number of phenolic OH excluding ortho intramolecular Hbond substituents is 1. The summed E-state index contributed by atoms with van der Waals surface area (Å²) < 4.78 is 1.04. The van der Waals surface area contributed by atoms with Gasteiger partial charge in [-0.3, -0.25) is 5.43 Å². The molecule has 0 amide bonds. The minimum absolute atomic E-state index is 0.131. The van der Waals surface area contributed by atoms with Gasteiger partial charge in [0.1, 0.15) is 11.6 Å². The van der Waals surface area contributed by atoms with Crippen LogP contribution < -0.4 is 10.7 Å². The third kappa shape index (κ3) is 3.62. The second-order valence-electron chi connectivity index (χ2n) is 7.22. The fraction of sp³-hybridized carbons (Fsp3) is 0.0833. The number of halogens is 1. The third-order valence-electron chi connectivity index (χ3n) is 5.18. The SMILES string of the molecule is Oc1ccccc1/C=N/NC1=Nc2ccccc2C2=C(C1)C1=CC(C=CC(Br)=C1)N2. The van der Waals surface area contributed by atoms with E-state index in [0.29, 0.717) is 12.0 Å². The first-order chi connectivity index (χ1) is 14.7. The standard InChI is InChI=1S/C24H19BrN4O/c25-17-9-10-18-12-16(11-17)20-13-23(29-26-14-15-5-1-4-8-22(15)30)28-21-7-3-2-6-19(21)24(20)27-18/h1-12,14,18,27,30H,13H2,(H,28,29)/b26-14+. The van der Waals surface area contributed by atoms with Gasteiger partial charge in [0.15, 0.2) is 0 Å². The zero-order chi connectivity index (χ0) is 20.5. The van der Waals surface area contributed by atoms with Gasteiger partial charge < -0.3 is 10.4 Å². The van der Waals surface area contributed by atoms with Gasteiger partial charge in [0.05, 0.1) is 17.9 Å². The van der Waals surface area contributed by atoms with Crippen molar-refractivity contribution in [1.29, 1.82) is 0 Å². The molecule has 148 valence electrons. The molecule has 3 aliphatic rings. The number of hydrazone groups is 1. The van der Waals surface area contributed by atoms with Crippen molar-refractivity contribution in [2.45, 2.75) is 12.5 Å². The van der Waals surface area contributed by atoms with Crippen molar-refractivity contribution >= 4 is 39.4 Å². The molecular weight excluding hydrogens is 440 g/mol. The number of hydrogen-bond acceptors (Lipinski definition) is 5. The number of benzene rings is 2. The van der Waals surface area contributed by atoms with Crippen LogP contribution in [0.15, 0.2) is 98.6 Å². The number of aliphatic imine (C=N–C) groups is 1. The predicted molar refractivity (Wildman–Crippen MR) is 125 cm³/mol. The van der Waals surface area contributed by atoms with E-state index in [-0.39, 0.29) is 11.8 Å². The number of nitrogens with zero attached hydrogens (tertiary/aromatic N) is 2. The molecule has 1 atom stereocenters. The molecule has 0 saturated carbocycles. The molecule has 2 aromatic rings. The number of nitrogens with one attached hydrogen (secondary N) is 2. The summed E-state index contributed by atoms with van der Waals surface area (Å²) in [5.74, 6) is 0.928. The summed E-state index contributed by atoms with van der Waals surface area (Å²) in [5.41, 5.74) is 9.13. The predicted octanol–water partition coefficient (Wildman–Crippen LogP) is 4.91. The Kier molecular flexibility index (Phi) is 4.85. The molecule has 30 heavy (non-hydrogen) atoms. The largest absolute Gasteiger partial charge is 0.507 e. The highest BCUT2D eigenvalue weighted by atomic mass is 79.9. The average molecular weight is 459 g/mol. The van der Waals surface area contributed by atoms with E-state index in [4.69, 9.17) is 4.99 Å². The van der Waals surface area contributed by atoms with Crippen LogP contribution in [0.3, 0.4) is 0 Å². The van der Waals surface area contributed by atoms with Crippen molar-refractivity contribution in [2.24, 2.45) is 10.1 Å². The van der Waals surface area contributed by atoms with Crippen LogP contribution in [0.2, 0.25) is 0 Å². The van der Waals surface area contributed by atoms with Gasteiger partial charge in [-0.2, -0.15) is 5.10 Å². The molecule has 2 aliphatic heterocycles. The Bertz CT molecular complexity index is 1200. The Balaban J connectivity index is 1.52. The molecule has 0 aromatic heterocycles. The van der Waals surface area contributed by atoms with E-state index in [1.165, 1.54) is 11.1 Å². The van der Waals surface area contributed by atoms with Gasteiger partial charge in [-0.1, -0.05) is 58.4 Å². The summed E-state index contributed by atoms with van der Waals surface area (Å²) in [6.45, 7) is 0. The molecule has 3 N–H and O–H groups in total. The quantitative estimate of drug-likeness (QED) is 0.442. The van der Waals surface area contributed by atoms with Gasteiger partial charge in [0, 0.05) is 27.7 Å². The van der Waals surface area contributed by atoms with Crippen LogP contribution >= 0.6 is 15.9 Å². The lowest BCUT2D eigenvalue weighted by atomic mass is 9.92. The number of aromatic hydroxyl groups is 1. The first-order valence-electron chi connectivity index (χ1n) is 9.69. The number of phenols is 1. The molecule has 0 spiro atoms. The minimum Gasteiger partial charge on any atom is -0.507 e. The van der Waals surface area contributed by atoms with Crippen molar-refractivity contribution in [3.8, 4) is 5.75 Å². The maximum atomic E-state index is 9.94.